The first kappa shape index (κ1) is 17.6. The Hall–Kier alpha value is -1.81. The van der Waals surface area contributed by atoms with Crippen molar-refractivity contribution in [2.24, 2.45) is 0 Å². The van der Waals surface area contributed by atoms with Gasteiger partial charge in [-0.05, 0) is 68.7 Å². The summed E-state index contributed by atoms with van der Waals surface area (Å²) in [6.45, 7) is 4.64. The lowest BCUT2D eigenvalue weighted by atomic mass is 9.95. The number of carbonyl (C=O) groups is 1. The molecule has 0 radical (unpaired) electrons. The van der Waals surface area contributed by atoms with Crippen molar-refractivity contribution in [3.8, 4) is 0 Å². The van der Waals surface area contributed by atoms with Crippen LogP contribution < -0.4 is 0 Å². The molecule has 2 heterocycles. The zero-order valence-electron chi connectivity index (χ0n) is 15.8. The molecule has 0 unspecified atom stereocenters. The number of carbonyl (C=O) groups excluding carboxylic acids is 1. The number of unbranched alkanes of at least 4 members (excludes halogenated alkanes) is 1. The van der Waals surface area contributed by atoms with E-state index in [9.17, 15) is 9.90 Å². The van der Waals surface area contributed by atoms with Crippen LogP contribution in [0.25, 0.3) is 10.9 Å². The molecule has 2 aromatic rings. The van der Waals surface area contributed by atoms with Crippen LogP contribution in [0.15, 0.2) is 18.2 Å². The maximum Gasteiger partial charge on any atom is 0.253 e. The fourth-order valence-electron chi connectivity index (χ4n) is 4.59. The van der Waals surface area contributed by atoms with Crippen molar-refractivity contribution in [3.05, 3.63) is 35.0 Å². The Bertz CT molecular complexity index is 800. The van der Waals surface area contributed by atoms with Gasteiger partial charge in [0.1, 0.15) is 0 Å². The average Bonchev–Trinajstić information content (AvgIpc) is 2.99. The first-order valence-corrected chi connectivity index (χ1v) is 10.3. The Morgan fingerprint density at radius 3 is 2.73 bits per heavy atom. The summed E-state index contributed by atoms with van der Waals surface area (Å²) in [4.78, 5) is 14.8. The van der Waals surface area contributed by atoms with Gasteiger partial charge in [0, 0.05) is 41.8 Å². The van der Waals surface area contributed by atoms with Gasteiger partial charge >= 0.3 is 0 Å². The van der Waals surface area contributed by atoms with Crippen LogP contribution >= 0.6 is 0 Å². The third kappa shape index (κ3) is 3.16. The number of aliphatic hydroxyl groups is 1. The molecule has 4 rings (SSSR count). The second-order valence-corrected chi connectivity index (χ2v) is 7.89. The van der Waals surface area contributed by atoms with Gasteiger partial charge in [-0.25, -0.2) is 0 Å². The van der Waals surface area contributed by atoms with Gasteiger partial charge in [0.2, 0.25) is 0 Å². The number of benzene rings is 1. The van der Waals surface area contributed by atoms with Crippen molar-refractivity contribution in [3.63, 3.8) is 0 Å². The van der Waals surface area contributed by atoms with Crippen molar-refractivity contribution < 1.29 is 9.90 Å². The summed E-state index contributed by atoms with van der Waals surface area (Å²) in [6.07, 6.45) is 8.37. The Balaban J connectivity index is 1.69. The number of nitrogens with zero attached hydrogens (tertiary/aromatic N) is 2. The molecule has 1 saturated heterocycles. The van der Waals surface area contributed by atoms with Crippen LogP contribution in [0.2, 0.25) is 0 Å². The van der Waals surface area contributed by atoms with Crippen LogP contribution in [0.1, 0.15) is 67.1 Å². The molecule has 4 nitrogen and oxygen atoms in total. The van der Waals surface area contributed by atoms with E-state index in [0.717, 1.165) is 18.5 Å². The number of rotatable bonds is 4. The number of fused-ring (bicyclic) bond motifs is 3. The zero-order chi connectivity index (χ0) is 18.1. The van der Waals surface area contributed by atoms with Crippen molar-refractivity contribution in [2.75, 3.05) is 13.1 Å². The Labute approximate surface area is 155 Å². The highest BCUT2D eigenvalue weighted by Crippen LogP contribution is 2.33. The molecule has 1 aromatic carbocycles. The lowest BCUT2D eigenvalue weighted by Gasteiger charge is -2.29. The second kappa shape index (κ2) is 7.43. The van der Waals surface area contributed by atoms with Gasteiger partial charge < -0.3 is 14.6 Å². The number of likely N-dealkylation sites (tertiary alicyclic amines) is 1. The van der Waals surface area contributed by atoms with Crippen molar-refractivity contribution >= 4 is 16.8 Å². The van der Waals surface area contributed by atoms with E-state index in [2.05, 4.69) is 23.6 Å². The topological polar surface area (TPSA) is 45.5 Å². The third-order valence-electron chi connectivity index (χ3n) is 6.11. The lowest BCUT2D eigenvalue weighted by Crippen LogP contribution is -2.40. The molecular formula is C22H30N2O2. The number of piperidine rings is 1. The van der Waals surface area contributed by atoms with Gasteiger partial charge in [-0.3, -0.25) is 4.79 Å². The molecule has 1 fully saturated rings. The maximum atomic E-state index is 12.9. The number of amides is 1. The van der Waals surface area contributed by atoms with Gasteiger partial charge in [0.05, 0.1) is 6.10 Å². The minimum Gasteiger partial charge on any atom is -0.393 e. The highest BCUT2D eigenvalue weighted by Gasteiger charge is 2.24. The van der Waals surface area contributed by atoms with Gasteiger partial charge in [-0.15, -0.1) is 0 Å². The van der Waals surface area contributed by atoms with Gasteiger partial charge in [-0.2, -0.15) is 0 Å². The van der Waals surface area contributed by atoms with Crippen molar-refractivity contribution in [1.82, 2.24) is 9.47 Å². The highest BCUT2D eigenvalue weighted by molar-refractivity contribution is 5.99. The first-order chi connectivity index (χ1) is 12.7. The molecular weight excluding hydrogens is 324 g/mol. The standard InChI is InChI=1S/C22H30N2O2/c1-2-3-12-24-20-7-5-4-6-18(20)19-15-16(8-9-21(19)24)22(26)23-13-10-17(25)11-14-23/h8-9,15,17,25H,2-7,10-14H2,1H3. The summed E-state index contributed by atoms with van der Waals surface area (Å²) in [6, 6.07) is 6.30. The second-order valence-electron chi connectivity index (χ2n) is 7.89. The first-order valence-electron chi connectivity index (χ1n) is 10.3. The van der Waals surface area contributed by atoms with Gasteiger partial charge in [0.25, 0.3) is 5.91 Å². The van der Waals surface area contributed by atoms with Crippen LogP contribution in [-0.2, 0) is 19.4 Å². The summed E-state index contributed by atoms with van der Waals surface area (Å²) in [5.74, 6) is 0.115. The normalized spacial score (nSPS) is 18.3. The average molecular weight is 354 g/mol. The molecule has 0 saturated carbocycles. The minimum absolute atomic E-state index is 0.115. The van der Waals surface area contributed by atoms with Crippen LogP contribution in [0, 0.1) is 0 Å². The lowest BCUT2D eigenvalue weighted by molar-refractivity contribution is 0.0546. The van der Waals surface area contributed by atoms with Crippen molar-refractivity contribution in [2.45, 2.75) is 70.9 Å². The number of aromatic nitrogens is 1. The van der Waals surface area contributed by atoms with E-state index in [4.69, 9.17) is 0 Å². The molecule has 2 aliphatic rings. The van der Waals surface area contributed by atoms with Crippen LogP contribution in [0.4, 0.5) is 0 Å². The van der Waals surface area contributed by atoms with E-state index in [1.54, 1.807) is 0 Å². The molecule has 1 aliphatic carbocycles. The van der Waals surface area contributed by atoms with E-state index in [0.29, 0.717) is 25.9 Å². The molecule has 1 aliphatic heterocycles. The predicted molar refractivity (Wildman–Crippen MR) is 105 cm³/mol. The summed E-state index contributed by atoms with van der Waals surface area (Å²) >= 11 is 0. The van der Waals surface area contributed by atoms with Gasteiger partial charge in [0.15, 0.2) is 0 Å². The largest absolute Gasteiger partial charge is 0.393 e. The highest BCUT2D eigenvalue weighted by atomic mass is 16.3. The fourth-order valence-corrected chi connectivity index (χ4v) is 4.59. The third-order valence-corrected chi connectivity index (χ3v) is 6.11. The van der Waals surface area contributed by atoms with Gasteiger partial charge in [-0.1, -0.05) is 13.3 Å². The summed E-state index contributed by atoms with van der Waals surface area (Å²) in [5, 5.41) is 11.0. The summed E-state index contributed by atoms with van der Waals surface area (Å²) in [5.41, 5.74) is 5.09. The molecule has 0 atom stereocenters. The van der Waals surface area contributed by atoms with E-state index < -0.39 is 0 Å². The van der Waals surface area contributed by atoms with E-state index in [-0.39, 0.29) is 12.0 Å². The molecule has 26 heavy (non-hydrogen) atoms. The molecule has 1 amide bonds. The Morgan fingerprint density at radius 1 is 1.19 bits per heavy atom. The number of hydrogen-bond donors (Lipinski definition) is 1. The molecule has 140 valence electrons. The molecule has 1 aromatic heterocycles. The quantitative estimate of drug-likeness (QED) is 0.904. The van der Waals surface area contributed by atoms with Crippen molar-refractivity contribution in [1.29, 1.82) is 0 Å². The van der Waals surface area contributed by atoms with Crippen LogP contribution in [-0.4, -0.2) is 39.7 Å². The number of aryl methyl sites for hydroxylation is 2. The van der Waals surface area contributed by atoms with E-state index in [1.807, 2.05) is 11.0 Å². The van der Waals surface area contributed by atoms with E-state index >= 15 is 0 Å². The zero-order valence-corrected chi connectivity index (χ0v) is 15.8. The molecule has 0 spiro atoms. The Kier molecular flexibility index (Phi) is 5.03. The van der Waals surface area contributed by atoms with E-state index in [1.165, 1.54) is 54.3 Å². The summed E-state index contributed by atoms with van der Waals surface area (Å²) < 4.78 is 2.51. The minimum atomic E-state index is -0.249. The number of hydrogen-bond acceptors (Lipinski definition) is 2. The monoisotopic (exact) mass is 354 g/mol. The molecule has 4 heteroatoms. The van der Waals surface area contributed by atoms with Crippen LogP contribution in [0.3, 0.4) is 0 Å². The maximum absolute atomic E-state index is 12.9. The smallest absolute Gasteiger partial charge is 0.253 e. The SMILES string of the molecule is CCCCn1c2c(c3cc(C(=O)N4CCC(O)CC4)ccc31)CCCC2. The summed E-state index contributed by atoms with van der Waals surface area (Å²) in [7, 11) is 0. The Morgan fingerprint density at radius 2 is 1.96 bits per heavy atom. The number of aliphatic hydroxyl groups excluding tert-OH is 1. The molecule has 0 bridgehead atoms. The fraction of sp³-hybridized carbons (Fsp3) is 0.591. The molecule has 1 N–H and O–H groups in total. The van der Waals surface area contributed by atoms with Crippen LogP contribution in [0.5, 0.6) is 0 Å². The predicted octanol–water partition coefficient (Wildman–Crippen LogP) is 3.92.